The van der Waals surface area contributed by atoms with Crippen LogP contribution in [0.5, 0.6) is 5.75 Å². The van der Waals surface area contributed by atoms with E-state index in [2.05, 4.69) is 39.6 Å². The molecule has 3 aliphatic rings. The van der Waals surface area contributed by atoms with Gasteiger partial charge in [-0.05, 0) is 69.1 Å². The van der Waals surface area contributed by atoms with E-state index >= 15 is 0 Å². The van der Waals surface area contributed by atoms with Gasteiger partial charge in [-0.3, -0.25) is 9.69 Å². The van der Waals surface area contributed by atoms with Crippen LogP contribution in [0, 0.1) is 5.92 Å². The lowest BCUT2D eigenvalue weighted by Gasteiger charge is -2.32. The first-order valence-corrected chi connectivity index (χ1v) is 11.6. The lowest BCUT2D eigenvalue weighted by atomic mass is 10.0. The topological polar surface area (TPSA) is 59.4 Å². The van der Waals surface area contributed by atoms with Crippen molar-refractivity contribution in [3.63, 3.8) is 0 Å². The van der Waals surface area contributed by atoms with E-state index in [1.54, 1.807) is 6.20 Å². The highest BCUT2D eigenvalue weighted by molar-refractivity contribution is 5.93. The highest BCUT2D eigenvalue weighted by Gasteiger charge is 2.31. The van der Waals surface area contributed by atoms with E-state index < -0.39 is 0 Å². The van der Waals surface area contributed by atoms with Crippen LogP contribution in [0.1, 0.15) is 63.0 Å². The fourth-order valence-corrected chi connectivity index (χ4v) is 4.73. The van der Waals surface area contributed by atoms with Crippen molar-refractivity contribution >= 4 is 11.7 Å². The molecule has 1 aromatic carbocycles. The quantitative estimate of drug-likeness (QED) is 0.738. The van der Waals surface area contributed by atoms with Crippen LogP contribution in [0.4, 0.5) is 5.82 Å². The number of rotatable bonds is 7. The van der Waals surface area contributed by atoms with Crippen LogP contribution in [0.3, 0.4) is 0 Å². The Morgan fingerprint density at radius 1 is 1.00 bits per heavy atom. The second-order valence-corrected chi connectivity index (χ2v) is 9.10. The van der Waals surface area contributed by atoms with Crippen molar-refractivity contribution in [3.8, 4) is 5.75 Å². The fraction of sp³-hybridized carbons (Fsp3) is 0.583. The summed E-state index contributed by atoms with van der Waals surface area (Å²) < 4.78 is 8.10. The summed E-state index contributed by atoms with van der Waals surface area (Å²) in [6.45, 7) is 3.06. The lowest BCUT2D eigenvalue weighted by Crippen LogP contribution is -2.35. The standard InChI is InChI=1S/C24H32N4O2/c29-24(19-7-8-19)26-23-11-14-25-28(23)20-12-15-27(16-13-20)17-18-5-9-22(10-6-18)30-21-3-1-2-4-21/h5-6,9-11,14,19-21H,1-4,7-8,12-13,15-17H2,(H,26,29). The molecule has 0 spiro atoms. The lowest BCUT2D eigenvalue weighted by molar-refractivity contribution is -0.117. The Morgan fingerprint density at radius 2 is 1.73 bits per heavy atom. The van der Waals surface area contributed by atoms with Gasteiger partial charge in [-0.15, -0.1) is 0 Å². The Morgan fingerprint density at radius 3 is 2.43 bits per heavy atom. The zero-order valence-electron chi connectivity index (χ0n) is 17.6. The van der Waals surface area contributed by atoms with Crippen molar-refractivity contribution in [1.29, 1.82) is 0 Å². The second-order valence-electron chi connectivity index (χ2n) is 9.10. The van der Waals surface area contributed by atoms with Gasteiger partial charge in [-0.25, -0.2) is 4.68 Å². The predicted molar refractivity (Wildman–Crippen MR) is 116 cm³/mol. The molecule has 6 heteroatoms. The minimum atomic E-state index is 0.148. The summed E-state index contributed by atoms with van der Waals surface area (Å²) >= 11 is 0. The van der Waals surface area contributed by atoms with E-state index in [4.69, 9.17) is 4.74 Å². The molecular formula is C24H32N4O2. The van der Waals surface area contributed by atoms with Gasteiger partial charge in [0.1, 0.15) is 11.6 Å². The Labute approximate surface area is 178 Å². The summed E-state index contributed by atoms with van der Waals surface area (Å²) in [6.07, 6.45) is 11.3. The summed E-state index contributed by atoms with van der Waals surface area (Å²) in [5, 5.41) is 7.57. The van der Waals surface area contributed by atoms with Crippen LogP contribution in [0.15, 0.2) is 36.5 Å². The summed E-state index contributed by atoms with van der Waals surface area (Å²) in [6, 6.07) is 10.9. The number of anilines is 1. The zero-order chi connectivity index (χ0) is 20.3. The number of amides is 1. The van der Waals surface area contributed by atoms with E-state index in [9.17, 15) is 4.79 Å². The van der Waals surface area contributed by atoms with Crippen molar-refractivity contribution in [3.05, 3.63) is 42.1 Å². The van der Waals surface area contributed by atoms with Gasteiger partial charge < -0.3 is 10.1 Å². The van der Waals surface area contributed by atoms with Crippen molar-refractivity contribution in [2.24, 2.45) is 5.92 Å². The molecule has 1 amide bonds. The molecule has 6 nitrogen and oxygen atoms in total. The molecule has 0 radical (unpaired) electrons. The molecule has 1 saturated heterocycles. The van der Waals surface area contributed by atoms with Crippen LogP contribution < -0.4 is 10.1 Å². The Balaban J connectivity index is 1.11. The maximum atomic E-state index is 12.1. The maximum Gasteiger partial charge on any atom is 0.228 e. The van der Waals surface area contributed by atoms with E-state index in [1.165, 1.54) is 31.2 Å². The number of carbonyl (C=O) groups is 1. The first-order valence-electron chi connectivity index (χ1n) is 11.6. The highest BCUT2D eigenvalue weighted by atomic mass is 16.5. The molecule has 1 aromatic heterocycles. The molecular weight excluding hydrogens is 376 g/mol. The first-order chi connectivity index (χ1) is 14.7. The molecule has 2 aromatic rings. The zero-order valence-corrected chi connectivity index (χ0v) is 17.6. The number of nitrogens with one attached hydrogen (secondary N) is 1. The molecule has 2 aliphatic carbocycles. The highest BCUT2D eigenvalue weighted by Crippen LogP contribution is 2.31. The average Bonchev–Trinajstić information content (AvgIpc) is 3.32. The monoisotopic (exact) mass is 408 g/mol. The third-order valence-corrected chi connectivity index (χ3v) is 6.71. The minimum Gasteiger partial charge on any atom is -0.490 e. The Hall–Kier alpha value is -2.34. The predicted octanol–water partition coefficient (Wildman–Crippen LogP) is 4.39. The van der Waals surface area contributed by atoms with Gasteiger partial charge >= 0.3 is 0 Å². The SMILES string of the molecule is O=C(Nc1ccnn1C1CCN(Cc2ccc(OC3CCCC3)cc2)CC1)C1CC1. The van der Waals surface area contributed by atoms with E-state index in [0.29, 0.717) is 12.1 Å². The smallest absolute Gasteiger partial charge is 0.228 e. The van der Waals surface area contributed by atoms with Gasteiger partial charge in [0.05, 0.1) is 18.3 Å². The van der Waals surface area contributed by atoms with Crippen LogP contribution in [-0.4, -0.2) is 39.8 Å². The molecule has 5 rings (SSSR count). The minimum absolute atomic E-state index is 0.148. The number of likely N-dealkylation sites (tertiary alicyclic amines) is 1. The van der Waals surface area contributed by atoms with E-state index in [1.807, 2.05) is 10.7 Å². The molecule has 0 unspecified atom stereocenters. The van der Waals surface area contributed by atoms with Gasteiger partial charge in [0.25, 0.3) is 0 Å². The number of ether oxygens (including phenoxy) is 1. The number of hydrogen-bond donors (Lipinski definition) is 1. The summed E-state index contributed by atoms with van der Waals surface area (Å²) in [7, 11) is 0. The summed E-state index contributed by atoms with van der Waals surface area (Å²) in [5.74, 6) is 2.21. The number of benzene rings is 1. The first kappa shape index (κ1) is 19.6. The van der Waals surface area contributed by atoms with Gasteiger partial charge in [0.2, 0.25) is 5.91 Å². The molecule has 2 heterocycles. The summed E-state index contributed by atoms with van der Waals surface area (Å²) in [5.41, 5.74) is 1.34. The molecule has 2 saturated carbocycles. The number of piperidine rings is 1. The van der Waals surface area contributed by atoms with Gasteiger partial charge in [0, 0.05) is 31.6 Å². The summed E-state index contributed by atoms with van der Waals surface area (Å²) in [4.78, 5) is 14.6. The van der Waals surface area contributed by atoms with Crippen LogP contribution in [-0.2, 0) is 11.3 Å². The van der Waals surface area contributed by atoms with Gasteiger partial charge in [-0.1, -0.05) is 12.1 Å². The third kappa shape index (κ3) is 4.69. The van der Waals surface area contributed by atoms with Crippen LogP contribution in [0.2, 0.25) is 0 Å². The van der Waals surface area contributed by atoms with Crippen molar-refractivity contribution in [2.45, 2.75) is 70.1 Å². The largest absolute Gasteiger partial charge is 0.490 e. The number of carbonyl (C=O) groups excluding carboxylic acids is 1. The Bertz CT molecular complexity index is 844. The van der Waals surface area contributed by atoms with E-state index in [-0.39, 0.29) is 11.8 Å². The molecule has 0 bridgehead atoms. The van der Waals surface area contributed by atoms with Crippen LogP contribution in [0.25, 0.3) is 0 Å². The molecule has 3 fully saturated rings. The maximum absolute atomic E-state index is 12.1. The Kier molecular flexibility index (Phi) is 5.75. The average molecular weight is 409 g/mol. The molecule has 30 heavy (non-hydrogen) atoms. The van der Waals surface area contributed by atoms with Crippen molar-refractivity contribution < 1.29 is 9.53 Å². The van der Waals surface area contributed by atoms with Crippen molar-refractivity contribution in [2.75, 3.05) is 18.4 Å². The number of nitrogens with zero attached hydrogens (tertiary/aromatic N) is 3. The van der Waals surface area contributed by atoms with Gasteiger partial charge in [-0.2, -0.15) is 5.10 Å². The molecule has 1 aliphatic heterocycles. The third-order valence-electron chi connectivity index (χ3n) is 6.71. The number of hydrogen-bond acceptors (Lipinski definition) is 4. The number of aromatic nitrogens is 2. The molecule has 0 atom stereocenters. The van der Waals surface area contributed by atoms with Crippen LogP contribution >= 0.6 is 0 Å². The van der Waals surface area contributed by atoms with E-state index in [0.717, 1.165) is 56.9 Å². The normalized spacial score (nSPS) is 21.1. The molecule has 1 N–H and O–H groups in total. The fourth-order valence-electron chi connectivity index (χ4n) is 4.73. The van der Waals surface area contributed by atoms with Gasteiger partial charge in [0.15, 0.2) is 0 Å². The molecule has 160 valence electrons. The van der Waals surface area contributed by atoms with Crippen molar-refractivity contribution in [1.82, 2.24) is 14.7 Å². The second kappa shape index (κ2) is 8.80.